The fourth-order valence-electron chi connectivity index (χ4n) is 0.956. The average molecular weight is 154 g/mol. The molecule has 0 saturated heterocycles. The van der Waals surface area contributed by atoms with Crippen LogP contribution in [0.2, 0.25) is 0 Å². The highest BCUT2D eigenvalue weighted by atomic mass is 16.4. The second kappa shape index (κ2) is 2.74. The Morgan fingerprint density at radius 1 is 1.73 bits per heavy atom. The number of carboxylic acids is 1. The lowest BCUT2D eigenvalue weighted by molar-refractivity contribution is -0.137. The third kappa shape index (κ3) is 1.58. The molecule has 0 amide bonds. The van der Waals surface area contributed by atoms with E-state index >= 15 is 0 Å². The van der Waals surface area contributed by atoms with Gasteiger partial charge >= 0.3 is 5.97 Å². The van der Waals surface area contributed by atoms with E-state index in [0.717, 1.165) is 11.5 Å². The maximum Gasteiger partial charge on any atom is 0.323 e. The molecule has 0 aliphatic heterocycles. The van der Waals surface area contributed by atoms with Crippen LogP contribution in [0, 0.1) is 13.8 Å². The number of hydrogen-bond donors (Lipinski definition) is 1. The minimum atomic E-state index is -0.839. The number of rotatable bonds is 2. The summed E-state index contributed by atoms with van der Waals surface area (Å²) in [5.41, 5.74) is 0.880. The molecule has 0 radical (unpaired) electrons. The Hall–Kier alpha value is -1.32. The Kier molecular flexibility index (Phi) is 1.94. The van der Waals surface area contributed by atoms with Crippen molar-refractivity contribution < 1.29 is 9.90 Å². The number of imidazole rings is 1. The third-order valence-electron chi connectivity index (χ3n) is 1.55. The molecule has 11 heavy (non-hydrogen) atoms. The van der Waals surface area contributed by atoms with Crippen molar-refractivity contribution in [3.8, 4) is 0 Å². The number of hydrogen-bond acceptors (Lipinski definition) is 2. The van der Waals surface area contributed by atoms with Crippen LogP contribution in [-0.4, -0.2) is 20.6 Å². The number of carboxylic acid groups (broad SMARTS) is 1. The van der Waals surface area contributed by atoms with Gasteiger partial charge in [0.05, 0.1) is 0 Å². The number of nitrogens with zero attached hydrogens (tertiary/aromatic N) is 2. The van der Waals surface area contributed by atoms with Gasteiger partial charge in [-0.1, -0.05) is 0 Å². The molecule has 1 N–H and O–H groups in total. The molecule has 1 aromatic heterocycles. The molecule has 0 atom stereocenters. The van der Waals surface area contributed by atoms with Crippen molar-refractivity contribution in [2.24, 2.45) is 0 Å². The van der Waals surface area contributed by atoms with Gasteiger partial charge in [-0.2, -0.15) is 0 Å². The summed E-state index contributed by atoms with van der Waals surface area (Å²) in [5, 5.41) is 8.49. The Labute approximate surface area is 64.5 Å². The van der Waals surface area contributed by atoms with Gasteiger partial charge in [0.1, 0.15) is 12.4 Å². The predicted molar refractivity (Wildman–Crippen MR) is 39.3 cm³/mol. The molecule has 4 heteroatoms. The molecule has 0 saturated carbocycles. The maximum atomic E-state index is 10.3. The smallest absolute Gasteiger partial charge is 0.323 e. The number of aryl methyl sites for hydroxylation is 2. The van der Waals surface area contributed by atoms with E-state index in [0.29, 0.717) is 0 Å². The average Bonchev–Trinajstić information content (AvgIpc) is 2.18. The van der Waals surface area contributed by atoms with E-state index in [1.165, 1.54) is 0 Å². The number of aliphatic carboxylic acids is 1. The van der Waals surface area contributed by atoms with Crippen LogP contribution in [0.5, 0.6) is 0 Å². The monoisotopic (exact) mass is 154 g/mol. The van der Waals surface area contributed by atoms with E-state index in [1.807, 2.05) is 6.92 Å². The highest BCUT2D eigenvalue weighted by Gasteiger charge is 2.05. The summed E-state index contributed by atoms with van der Waals surface area (Å²) in [5.74, 6) is -0.0981. The molecule has 0 aliphatic rings. The second-order valence-electron chi connectivity index (χ2n) is 2.43. The molecule has 4 nitrogen and oxygen atoms in total. The molecular weight excluding hydrogens is 144 g/mol. The van der Waals surface area contributed by atoms with Crippen LogP contribution in [0.15, 0.2) is 6.20 Å². The summed E-state index contributed by atoms with van der Waals surface area (Å²) in [6.07, 6.45) is 1.66. The van der Waals surface area contributed by atoms with Gasteiger partial charge < -0.3 is 9.67 Å². The summed E-state index contributed by atoms with van der Waals surface area (Å²) in [7, 11) is 0. The molecule has 60 valence electrons. The molecule has 0 aromatic carbocycles. The van der Waals surface area contributed by atoms with Gasteiger partial charge in [0.15, 0.2) is 0 Å². The van der Waals surface area contributed by atoms with E-state index in [9.17, 15) is 4.79 Å². The van der Waals surface area contributed by atoms with Gasteiger partial charge in [-0.05, 0) is 13.8 Å². The molecule has 0 bridgehead atoms. The quantitative estimate of drug-likeness (QED) is 0.678. The topological polar surface area (TPSA) is 55.1 Å². The van der Waals surface area contributed by atoms with Gasteiger partial charge in [-0.25, -0.2) is 4.98 Å². The fourth-order valence-corrected chi connectivity index (χ4v) is 0.956. The first kappa shape index (κ1) is 7.78. The van der Waals surface area contributed by atoms with Crippen LogP contribution in [0.1, 0.15) is 11.5 Å². The van der Waals surface area contributed by atoms with Gasteiger partial charge in [-0.3, -0.25) is 4.79 Å². The summed E-state index contributed by atoms with van der Waals surface area (Å²) in [4.78, 5) is 14.3. The first-order valence-corrected chi connectivity index (χ1v) is 3.32. The summed E-state index contributed by atoms with van der Waals surface area (Å²) < 4.78 is 1.66. The number of aromatic nitrogens is 2. The van der Waals surface area contributed by atoms with Crippen LogP contribution in [0.3, 0.4) is 0 Å². The summed E-state index contributed by atoms with van der Waals surface area (Å²) >= 11 is 0. The van der Waals surface area contributed by atoms with E-state index in [-0.39, 0.29) is 6.54 Å². The van der Waals surface area contributed by atoms with Crippen molar-refractivity contribution in [3.05, 3.63) is 17.7 Å². The lowest BCUT2D eigenvalue weighted by Crippen LogP contribution is -2.11. The first-order chi connectivity index (χ1) is 5.11. The summed E-state index contributed by atoms with van der Waals surface area (Å²) in [6, 6.07) is 0. The Morgan fingerprint density at radius 3 is 2.73 bits per heavy atom. The van der Waals surface area contributed by atoms with Crippen LogP contribution >= 0.6 is 0 Å². The molecular formula is C7H10N2O2. The normalized spacial score (nSPS) is 10.0. The lowest BCUT2D eigenvalue weighted by Gasteiger charge is -2.02. The van der Waals surface area contributed by atoms with E-state index < -0.39 is 5.97 Å². The minimum absolute atomic E-state index is 0.00231. The Bertz CT molecular complexity index is 258. The first-order valence-electron chi connectivity index (χ1n) is 3.32. The molecule has 0 aliphatic carbocycles. The van der Waals surface area contributed by atoms with Crippen LogP contribution in [-0.2, 0) is 11.3 Å². The summed E-state index contributed by atoms with van der Waals surface area (Å²) in [6.45, 7) is 3.62. The molecule has 0 spiro atoms. The zero-order valence-electron chi connectivity index (χ0n) is 6.53. The third-order valence-corrected chi connectivity index (χ3v) is 1.55. The molecule has 1 aromatic rings. The Morgan fingerprint density at radius 2 is 2.36 bits per heavy atom. The van der Waals surface area contributed by atoms with Crippen LogP contribution < -0.4 is 0 Å². The van der Waals surface area contributed by atoms with Gasteiger partial charge in [0, 0.05) is 11.9 Å². The molecule has 1 heterocycles. The molecule has 0 fully saturated rings. The van der Waals surface area contributed by atoms with Gasteiger partial charge in [-0.15, -0.1) is 0 Å². The predicted octanol–water partition coefficient (Wildman–Crippen LogP) is 0.585. The van der Waals surface area contributed by atoms with Crippen molar-refractivity contribution in [1.82, 2.24) is 9.55 Å². The van der Waals surface area contributed by atoms with Crippen molar-refractivity contribution in [3.63, 3.8) is 0 Å². The zero-order chi connectivity index (χ0) is 8.43. The highest BCUT2D eigenvalue weighted by molar-refractivity contribution is 5.66. The fraction of sp³-hybridized carbons (Fsp3) is 0.429. The van der Waals surface area contributed by atoms with Crippen molar-refractivity contribution in [1.29, 1.82) is 0 Å². The van der Waals surface area contributed by atoms with Gasteiger partial charge in [0.2, 0.25) is 0 Å². The van der Waals surface area contributed by atoms with Gasteiger partial charge in [0.25, 0.3) is 0 Å². The molecule has 0 unspecified atom stereocenters. The highest BCUT2D eigenvalue weighted by Crippen LogP contribution is 2.01. The maximum absolute atomic E-state index is 10.3. The van der Waals surface area contributed by atoms with Crippen molar-refractivity contribution in [2.45, 2.75) is 20.4 Å². The van der Waals surface area contributed by atoms with Crippen LogP contribution in [0.4, 0.5) is 0 Å². The standard InChI is InChI=1S/C7H10N2O2/c1-5-3-8-6(2)9(5)4-7(10)11/h3H,4H2,1-2H3,(H,10,11). The van der Waals surface area contributed by atoms with E-state index in [1.54, 1.807) is 17.7 Å². The van der Waals surface area contributed by atoms with Crippen molar-refractivity contribution >= 4 is 5.97 Å². The minimum Gasteiger partial charge on any atom is -0.480 e. The zero-order valence-corrected chi connectivity index (χ0v) is 6.53. The largest absolute Gasteiger partial charge is 0.480 e. The second-order valence-corrected chi connectivity index (χ2v) is 2.43. The lowest BCUT2D eigenvalue weighted by atomic mass is 10.5. The van der Waals surface area contributed by atoms with E-state index in [2.05, 4.69) is 4.98 Å². The Balaban J connectivity index is 2.92. The molecule has 1 rings (SSSR count). The SMILES string of the molecule is Cc1cnc(C)n1CC(=O)O. The number of carbonyl (C=O) groups is 1. The van der Waals surface area contributed by atoms with Crippen LogP contribution in [0.25, 0.3) is 0 Å². The van der Waals surface area contributed by atoms with E-state index in [4.69, 9.17) is 5.11 Å². The van der Waals surface area contributed by atoms with Crippen molar-refractivity contribution in [2.75, 3.05) is 0 Å².